The van der Waals surface area contributed by atoms with Gasteiger partial charge in [-0.15, -0.1) is 0 Å². The second kappa shape index (κ2) is 5.97. The highest BCUT2D eigenvalue weighted by atomic mass is 79.9. The lowest BCUT2D eigenvalue weighted by Gasteiger charge is -2.19. The fraction of sp³-hybridized carbons (Fsp3) is 0.308. The predicted octanol–water partition coefficient (Wildman–Crippen LogP) is 1.88. The molecule has 0 fully saturated rings. The number of amides is 2. The molecule has 1 heterocycles. The van der Waals surface area contributed by atoms with Crippen molar-refractivity contribution in [2.45, 2.75) is 13.3 Å². The standard InChI is InChI=1S/C13H14BrN3O2/c1-8-6-11(18)16-17-13(8)9-2-4-10(5-3-9)15-12(19)7-14/h2-5,8H,6-7H2,1H3,(H,15,19)(H,16,18). The predicted molar refractivity (Wildman–Crippen MR) is 77.3 cm³/mol. The quantitative estimate of drug-likeness (QED) is 0.834. The van der Waals surface area contributed by atoms with E-state index in [9.17, 15) is 9.59 Å². The fourth-order valence-electron chi connectivity index (χ4n) is 1.92. The zero-order valence-electron chi connectivity index (χ0n) is 10.4. The van der Waals surface area contributed by atoms with Crippen LogP contribution in [-0.4, -0.2) is 22.9 Å². The number of hydrazone groups is 1. The lowest BCUT2D eigenvalue weighted by molar-refractivity contribution is -0.122. The van der Waals surface area contributed by atoms with E-state index in [1.165, 1.54) is 0 Å². The van der Waals surface area contributed by atoms with Gasteiger partial charge < -0.3 is 5.32 Å². The van der Waals surface area contributed by atoms with E-state index < -0.39 is 0 Å². The Hall–Kier alpha value is -1.69. The molecule has 1 atom stereocenters. The van der Waals surface area contributed by atoms with Crippen LogP contribution >= 0.6 is 15.9 Å². The van der Waals surface area contributed by atoms with E-state index in [4.69, 9.17) is 0 Å². The van der Waals surface area contributed by atoms with Crippen LogP contribution in [0.1, 0.15) is 18.9 Å². The van der Waals surface area contributed by atoms with Crippen molar-refractivity contribution in [3.8, 4) is 0 Å². The van der Waals surface area contributed by atoms with Crippen molar-refractivity contribution in [3.05, 3.63) is 29.8 Å². The summed E-state index contributed by atoms with van der Waals surface area (Å²) < 4.78 is 0. The number of rotatable bonds is 3. The number of carbonyl (C=O) groups excluding carboxylic acids is 2. The highest BCUT2D eigenvalue weighted by Crippen LogP contribution is 2.18. The van der Waals surface area contributed by atoms with Crippen LogP contribution in [0.3, 0.4) is 0 Å². The Balaban J connectivity index is 2.14. The molecule has 2 N–H and O–H groups in total. The lowest BCUT2D eigenvalue weighted by Crippen LogP contribution is -2.31. The zero-order chi connectivity index (χ0) is 13.8. The summed E-state index contributed by atoms with van der Waals surface area (Å²) in [7, 11) is 0. The number of carbonyl (C=O) groups is 2. The van der Waals surface area contributed by atoms with Crippen LogP contribution in [0.5, 0.6) is 0 Å². The minimum absolute atomic E-state index is 0.0579. The van der Waals surface area contributed by atoms with Gasteiger partial charge in [0.05, 0.1) is 11.0 Å². The smallest absolute Gasteiger partial charge is 0.240 e. The van der Waals surface area contributed by atoms with Gasteiger partial charge >= 0.3 is 0 Å². The average Bonchev–Trinajstić information content (AvgIpc) is 2.40. The van der Waals surface area contributed by atoms with Gasteiger partial charge in [0, 0.05) is 18.0 Å². The first-order valence-corrected chi connectivity index (χ1v) is 7.05. The molecule has 0 spiro atoms. The van der Waals surface area contributed by atoms with Crippen LogP contribution in [0.25, 0.3) is 0 Å². The second-order valence-corrected chi connectivity index (χ2v) is 4.96. The number of halogens is 1. The maximum absolute atomic E-state index is 11.2. The minimum Gasteiger partial charge on any atom is -0.325 e. The highest BCUT2D eigenvalue weighted by molar-refractivity contribution is 9.09. The number of nitrogens with one attached hydrogen (secondary N) is 2. The topological polar surface area (TPSA) is 70.6 Å². The molecular formula is C13H14BrN3O2. The summed E-state index contributed by atoms with van der Waals surface area (Å²) in [6, 6.07) is 7.41. The number of alkyl halides is 1. The number of anilines is 1. The van der Waals surface area contributed by atoms with Gasteiger partial charge in [-0.3, -0.25) is 9.59 Å². The molecule has 5 nitrogen and oxygen atoms in total. The normalized spacial score (nSPS) is 18.5. The van der Waals surface area contributed by atoms with Crippen molar-refractivity contribution >= 4 is 39.1 Å². The molecule has 2 amide bonds. The molecule has 1 aromatic rings. The second-order valence-electron chi connectivity index (χ2n) is 4.40. The van der Waals surface area contributed by atoms with Crippen molar-refractivity contribution in [2.75, 3.05) is 10.6 Å². The van der Waals surface area contributed by atoms with E-state index in [0.29, 0.717) is 6.42 Å². The largest absolute Gasteiger partial charge is 0.325 e. The molecule has 1 aliphatic heterocycles. The third kappa shape index (κ3) is 3.41. The van der Waals surface area contributed by atoms with Gasteiger partial charge in [0.2, 0.25) is 11.8 Å². The summed E-state index contributed by atoms with van der Waals surface area (Å²) >= 11 is 3.09. The van der Waals surface area contributed by atoms with Crippen LogP contribution in [-0.2, 0) is 9.59 Å². The van der Waals surface area contributed by atoms with Crippen molar-refractivity contribution < 1.29 is 9.59 Å². The number of benzene rings is 1. The molecular weight excluding hydrogens is 310 g/mol. The van der Waals surface area contributed by atoms with Crippen LogP contribution in [0, 0.1) is 5.92 Å². The van der Waals surface area contributed by atoms with E-state index >= 15 is 0 Å². The van der Waals surface area contributed by atoms with Gasteiger partial charge in [-0.25, -0.2) is 5.43 Å². The molecule has 0 saturated carbocycles. The van der Waals surface area contributed by atoms with E-state index in [1.54, 1.807) is 0 Å². The maximum Gasteiger partial charge on any atom is 0.240 e. The van der Waals surface area contributed by atoms with Crippen LogP contribution in [0.4, 0.5) is 5.69 Å². The molecule has 6 heteroatoms. The van der Waals surface area contributed by atoms with Crippen LogP contribution in [0.2, 0.25) is 0 Å². The fourth-order valence-corrected chi connectivity index (χ4v) is 2.06. The van der Waals surface area contributed by atoms with Gasteiger partial charge in [0.25, 0.3) is 0 Å². The van der Waals surface area contributed by atoms with Crippen molar-refractivity contribution in [3.63, 3.8) is 0 Å². The molecule has 0 radical (unpaired) electrons. The Morgan fingerprint density at radius 1 is 1.47 bits per heavy atom. The van der Waals surface area contributed by atoms with Crippen molar-refractivity contribution in [1.29, 1.82) is 0 Å². The summed E-state index contributed by atoms with van der Waals surface area (Å²) in [6.45, 7) is 1.97. The Morgan fingerprint density at radius 2 is 2.16 bits per heavy atom. The first-order valence-electron chi connectivity index (χ1n) is 5.93. The lowest BCUT2D eigenvalue weighted by atomic mass is 9.94. The molecule has 2 rings (SSSR count). The Bertz CT molecular complexity index is 525. The van der Waals surface area contributed by atoms with Gasteiger partial charge in [0.1, 0.15) is 0 Å². The summed E-state index contributed by atoms with van der Waals surface area (Å²) in [5.74, 6) is -0.0578. The molecule has 1 aromatic carbocycles. The van der Waals surface area contributed by atoms with Crippen LogP contribution in [0.15, 0.2) is 29.4 Å². The molecule has 1 aliphatic rings. The average molecular weight is 324 g/mol. The number of hydrogen-bond donors (Lipinski definition) is 2. The zero-order valence-corrected chi connectivity index (χ0v) is 12.0. The highest BCUT2D eigenvalue weighted by Gasteiger charge is 2.21. The number of nitrogens with zero attached hydrogens (tertiary/aromatic N) is 1. The third-order valence-electron chi connectivity index (χ3n) is 2.85. The SMILES string of the molecule is CC1CC(=O)NN=C1c1ccc(NC(=O)CBr)cc1. The molecule has 100 valence electrons. The third-order valence-corrected chi connectivity index (χ3v) is 3.35. The summed E-state index contributed by atoms with van der Waals surface area (Å²) in [6.07, 6.45) is 0.445. The molecule has 19 heavy (non-hydrogen) atoms. The van der Waals surface area contributed by atoms with Gasteiger partial charge in [-0.1, -0.05) is 35.0 Å². The minimum atomic E-state index is -0.0941. The summed E-state index contributed by atoms with van der Waals surface area (Å²) in [4.78, 5) is 22.4. The van der Waals surface area contributed by atoms with Gasteiger partial charge in [-0.2, -0.15) is 5.10 Å². The van der Waals surface area contributed by atoms with E-state index in [-0.39, 0.29) is 23.1 Å². The molecule has 0 saturated heterocycles. The van der Waals surface area contributed by atoms with Crippen LogP contribution < -0.4 is 10.7 Å². The Kier molecular flexibility index (Phi) is 4.31. The first-order chi connectivity index (χ1) is 9.10. The maximum atomic E-state index is 11.2. The monoisotopic (exact) mass is 323 g/mol. The van der Waals surface area contributed by atoms with Crippen molar-refractivity contribution in [2.24, 2.45) is 11.0 Å². The Labute approximate surface area is 119 Å². The van der Waals surface area contributed by atoms with Gasteiger partial charge in [-0.05, 0) is 17.7 Å². The molecule has 0 bridgehead atoms. The molecule has 0 aromatic heterocycles. The van der Waals surface area contributed by atoms with E-state index in [1.807, 2.05) is 31.2 Å². The van der Waals surface area contributed by atoms with Gasteiger partial charge in [0.15, 0.2) is 0 Å². The molecule has 1 unspecified atom stereocenters. The summed E-state index contributed by atoms with van der Waals surface area (Å²) in [5, 5.41) is 7.10. The van der Waals surface area contributed by atoms with Crippen molar-refractivity contribution in [1.82, 2.24) is 5.43 Å². The first kappa shape index (κ1) is 13.7. The molecule has 0 aliphatic carbocycles. The Morgan fingerprint density at radius 3 is 2.74 bits per heavy atom. The van der Waals surface area contributed by atoms with E-state index in [2.05, 4.69) is 31.8 Å². The number of hydrogen-bond acceptors (Lipinski definition) is 3. The summed E-state index contributed by atoms with van der Waals surface area (Å²) in [5.41, 5.74) is 5.04. The van der Waals surface area contributed by atoms with E-state index in [0.717, 1.165) is 17.0 Å².